The van der Waals surface area contributed by atoms with Crippen LogP contribution in [0.3, 0.4) is 0 Å². The van der Waals surface area contributed by atoms with Crippen LogP contribution >= 0.6 is 0 Å². The summed E-state index contributed by atoms with van der Waals surface area (Å²) < 4.78 is 13.1. The Kier molecular flexibility index (Phi) is 4.86. The first-order valence-electron chi connectivity index (χ1n) is 5.39. The Morgan fingerprint density at radius 1 is 1.44 bits per heavy atom. The number of hydrazine groups is 1. The number of likely N-dealkylation sites (N-methyl/N-ethyl adjacent to an activating group) is 1. The molecule has 0 aromatic heterocycles. The lowest BCUT2D eigenvalue weighted by atomic mass is 10.0. The fourth-order valence-electron chi connectivity index (χ4n) is 1.74. The van der Waals surface area contributed by atoms with Crippen molar-refractivity contribution in [2.24, 2.45) is 5.84 Å². The van der Waals surface area contributed by atoms with Crippen molar-refractivity contribution in [1.82, 2.24) is 10.3 Å². The van der Waals surface area contributed by atoms with Gasteiger partial charge in [0.05, 0.1) is 0 Å². The van der Waals surface area contributed by atoms with E-state index in [1.165, 1.54) is 6.07 Å². The van der Waals surface area contributed by atoms with E-state index in [-0.39, 0.29) is 11.9 Å². The molecule has 1 rings (SSSR count). The summed E-state index contributed by atoms with van der Waals surface area (Å²) in [6.07, 6.45) is 0.734. The summed E-state index contributed by atoms with van der Waals surface area (Å²) in [5.74, 6) is 5.29. The molecule has 1 aromatic carbocycles. The van der Waals surface area contributed by atoms with Crippen molar-refractivity contribution in [2.45, 2.75) is 19.4 Å². The molecule has 1 aromatic rings. The molecule has 0 spiro atoms. The number of benzene rings is 1. The molecule has 0 bridgehead atoms. The number of nitrogens with one attached hydrogen (secondary N) is 1. The van der Waals surface area contributed by atoms with Gasteiger partial charge in [-0.15, -0.1) is 0 Å². The van der Waals surface area contributed by atoms with Crippen LogP contribution in [-0.2, 0) is 6.42 Å². The zero-order valence-electron chi connectivity index (χ0n) is 10.1. The lowest BCUT2D eigenvalue weighted by molar-refractivity contribution is 0.338. The van der Waals surface area contributed by atoms with Crippen molar-refractivity contribution in [3.63, 3.8) is 0 Å². The lowest BCUT2D eigenvalue weighted by Gasteiger charge is -2.21. The van der Waals surface area contributed by atoms with Gasteiger partial charge in [0, 0.05) is 12.6 Å². The van der Waals surface area contributed by atoms with Gasteiger partial charge in [-0.1, -0.05) is 6.07 Å². The Morgan fingerprint density at radius 2 is 2.12 bits per heavy atom. The maximum atomic E-state index is 13.1. The van der Waals surface area contributed by atoms with Crippen LogP contribution in [-0.4, -0.2) is 31.6 Å². The molecule has 0 radical (unpaired) electrons. The molecular formula is C12H20FN3. The highest BCUT2D eigenvalue weighted by Crippen LogP contribution is 2.12. The normalized spacial score (nSPS) is 13.1. The Hall–Kier alpha value is -0.970. The summed E-state index contributed by atoms with van der Waals surface area (Å²) in [4.78, 5) is 2.05. The minimum atomic E-state index is -0.193. The summed E-state index contributed by atoms with van der Waals surface area (Å²) >= 11 is 0. The molecule has 16 heavy (non-hydrogen) atoms. The van der Waals surface area contributed by atoms with Gasteiger partial charge in [0.2, 0.25) is 0 Å². The number of aryl methyl sites for hydroxylation is 1. The fourth-order valence-corrected chi connectivity index (χ4v) is 1.74. The Labute approximate surface area is 96.4 Å². The number of nitrogens with two attached hydrogens (primary N) is 1. The van der Waals surface area contributed by atoms with Crippen LogP contribution in [0.1, 0.15) is 11.1 Å². The average molecular weight is 225 g/mol. The lowest BCUT2D eigenvalue weighted by Crippen LogP contribution is -2.43. The molecule has 3 nitrogen and oxygen atoms in total. The van der Waals surface area contributed by atoms with E-state index < -0.39 is 0 Å². The third kappa shape index (κ3) is 3.89. The molecule has 1 atom stereocenters. The third-order valence-corrected chi connectivity index (χ3v) is 2.60. The number of hydrogen-bond acceptors (Lipinski definition) is 3. The second-order valence-corrected chi connectivity index (χ2v) is 4.40. The predicted octanol–water partition coefficient (Wildman–Crippen LogP) is 1.07. The number of rotatable bonds is 5. The molecule has 1 unspecified atom stereocenters. The van der Waals surface area contributed by atoms with Crippen molar-refractivity contribution in [2.75, 3.05) is 20.6 Å². The summed E-state index contributed by atoms with van der Waals surface area (Å²) in [6, 6.07) is 4.99. The minimum Gasteiger partial charge on any atom is -0.308 e. The second-order valence-electron chi connectivity index (χ2n) is 4.40. The average Bonchev–Trinajstić information content (AvgIpc) is 2.21. The van der Waals surface area contributed by atoms with E-state index in [1.807, 2.05) is 21.0 Å². The van der Waals surface area contributed by atoms with Gasteiger partial charge in [0.15, 0.2) is 0 Å². The predicted molar refractivity (Wildman–Crippen MR) is 64.5 cm³/mol. The Bertz CT molecular complexity index is 339. The van der Waals surface area contributed by atoms with E-state index in [9.17, 15) is 4.39 Å². The maximum Gasteiger partial charge on any atom is 0.123 e. The highest BCUT2D eigenvalue weighted by molar-refractivity contribution is 5.27. The van der Waals surface area contributed by atoms with Gasteiger partial charge >= 0.3 is 0 Å². The van der Waals surface area contributed by atoms with Crippen molar-refractivity contribution in [1.29, 1.82) is 0 Å². The largest absolute Gasteiger partial charge is 0.308 e. The monoisotopic (exact) mass is 225 g/mol. The quantitative estimate of drug-likeness (QED) is 0.582. The molecule has 0 aliphatic heterocycles. The number of nitrogens with zero attached hydrogens (tertiary/aromatic N) is 1. The van der Waals surface area contributed by atoms with Crippen LogP contribution in [0.15, 0.2) is 18.2 Å². The molecule has 0 amide bonds. The number of hydrogen-bond donors (Lipinski definition) is 2. The molecule has 0 saturated carbocycles. The second kappa shape index (κ2) is 5.94. The van der Waals surface area contributed by atoms with Gasteiger partial charge in [0.1, 0.15) is 5.82 Å². The van der Waals surface area contributed by atoms with Crippen molar-refractivity contribution in [3.8, 4) is 0 Å². The van der Waals surface area contributed by atoms with E-state index in [4.69, 9.17) is 5.84 Å². The van der Waals surface area contributed by atoms with Gasteiger partial charge in [0.25, 0.3) is 0 Å². The summed E-state index contributed by atoms with van der Waals surface area (Å²) in [6.45, 7) is 2.81. The van der Waals surface area contributed by atoms with Crippen LogP contribution in [0, 0.1) is 12.7 Å². The Morgan fingerprint density at radius 3 is 2.69 bits per heavy atom. The topological polar surface area (TPSA) is 41.3 Å². The highest BCUT2D eigenvalue weighted by atomic mass is 19.1. The summed E-state index contributed by atoms with van der Waals surface area (Å²) in [7, 11) is 3.98. The highest BCUT2D eigenvalue weighted by Gasteiger charge is 2.11. The van der Waals surface area contributed by atoms with Crippen LogP contribution in [0.2, 0.25) is 0 Å². The first kappa shape index (κ1) is 13.1. The third-order valence-electron chi connectivity index (χ3n) is 2.60. The number of halogens is 1. The van der Waals surface area contributed by atoms with Gasteiger partial charge in [-0.3, -0.25) is 11.3 Å². The zero-order chi connectivity index (χ0) is 12.1. The van der Waals surface area contributed by atoms with Gasteiger partial charge in [-0.05, 0) is 50.7 Å². The molecule has 90 valence electrons. The summed E-state index contributed by atoms with van der Waals surface area (Å²) in [5, 5.41) is 0. The molecule has 0 fully saturated rings. The van der Waals surface area contributed by atoms with Crippen molar-refractivity contribution in [3.05, 3.63) is 35.1 Å². The van der Waals surface area contributed by atoms with E-state index in [1.54, 1.807) is 12.1 Å². The first-order chi connectivity index (χ1) is 7.52. The van der Waals surface area contributed by atoms with E-state index in [0.29, 0.717) is 0 Å². The summed E-state index contributed by atoms with van der Waals surface area (Å²) in [5.41, 5.74) is 4.87. The van der Waals surface area contributed by atoms with Crippen molar-refractivity contribution >= 4 is 0 Å². The van der Waals surface area contributed by atoms with Crippen LogP contribution < -0.4 is 11.3 Å². The van der Waals surface area contributed by atoms with E-state index in [2.05, 4.69) is 10.3 Å². The standard InChI is InChI=1S/C12H20FN3/c1-9-4-5-11(13)6-10(9)7-12(15-14)8-16(2)3/h4-6,12,15H,7-8,14H2,1-3H3. The van der Waals surface area contributed by atoms with E-state index >= 15 is 0 Å². The maximum absolute atomic E-state index is 13.1. The Balaban J connectivity index is 2.73. The molecular weight excluding hydrogens is 205 g/mol. The van der Waals surface area contributed by atoms with Gasteiger partial charge < -0.3 is 4.90 Å². The van der Waals surface area contributed by atoms with Crippen LogP contribution in [0.4, 0.5) is 4.39 Å². The van der Waals surface area contributed by atoms with Gasteiger partial charge in [-0.2, -0.15) is 0 Å². The smallest absolute Gasteiger partial charge is 0.123 e. The first-order valence-corrected chi connectivity index (χ1v) is 5.39. The molecule has 0 heterocycles. The molecule has 0 aliphatic carbocycles. The fraction of sp³-hybridized carbons (Fsp3) is 0.500. The zero-order valence-corrected chi connectivity index (χ0v) is 10.1. The van der Waals surface area contributed by atoms with Crippen LogP contribution in [0.5, 0.6) is 0 Å². The SMILES string of the molecule is Cc1ccc(F)cc1CC(CN(C)C)NN. The minimum absolute atomic E-state index is 0.135. The molecule has 3 N–H and O–H groups in total. The van der Waals surface area contributed by atoms with Crippen molar-refractivity contribution < 1.29 is 4.39 Å². The van der Waals surface area contributed by atoms with Crippen LogP contribution in [0.25, 0.3) is 0 Å². The van der Waals surface area contributed by atoms with E-state index in [0.717, 1.165) is 24.1 Å². The molecule has 0 saturated heterocycles. The molecule has 4 heteroatoms. The van der Waals surface area contributed by atoms with Gasteiger partial charge in [-0.25, -0.2) is 4.39 Å². The molecule has 0 aliphatic rings.